The van der Waals surface area contributed by atoms with Crippen molar-refractivity contribution in [2.24, 2.45) is 11.1 Å². The minimum Gasteiger partial charge on any atom is -0.371 e. The second kappa shape index (κ2) is 8.21. The number of anilines is 1. The Bertz CT molecular complexity index is 717. The summed E-state index contributed by atoms with van der Waals surface area (Å²) in [6.07, 6.45) is 6.09. The maximum atomic E-state index is 12.2. The Labute approximate surface area is 167 Å². The average molecular weight is 385 g/mol. The smallest absolute Gasteiger partial charge is 0.234 e. The molecule has 0 aromatic heterocycles. The molecule has 3 saturated heterocycles. The summed E-state index contributed by atoms with van der Waals surface area (Å²) in [5.41, 5.74) is 8.44. The van der Waals surface area contributed by atoms with Gasteiger partial charge in [-0.1, -0.05) is 12.1 Å². The fourth-order valence-electron chi connectivity index (χ4n) is 5.12. The number of rotatable bonds is 4. The van der Waals surface area contributed by atoms with Gasteiger partial charge in [-0.3, -0.25) is 14.9 Å². The molecule has 4 rings (SSSR count). The van der Waals surface area contributed by atoms with Crippen LogP contribution >= 0.6 is 0 Å². The van der Waals surface area contributed by atoms with Gasteiger partial charge in [0.1, 0.15) is 0 Å². The molecule has 0 saturated carbocycles. The Morgan fingerprint density at radius 2 is 1.79 bits per heavy atom. The minimum atomic E-state index is -0.208. The molecule has 1 unspecified atom stereocenters. The van der Waals surface area contributed by atoms with Gasteiger partial charge in [0.2, 0.25) is 11.8 Å². The zero-order chi connectivity index (χ0) is 19.6. The van der Waals surface area contributed by atoms with Gasteiger partial charge in [-0.15, -0.1) is 0 Å². The Balaban J connectivity index is 1.38. The van der Waals surface area contributed by atoms with E-state index in [1.54, 1.807) is 0 Å². The van der Waals surface area contributed by atoms with E-state index < -0.39 is 0 Å². The van der Waals surface area contributed by atoms with Crippen molar-refractivity contribution in [3.63, 3.8) is 0 Å². The largest absolute Gasteiger partial charge is 0.371 e. The summed E-state index contributed by atoms with van der Waals surface area (Å²) >= 11 is 0. The Morgan fingerprint density at radius 1 is 1.07 bits per heavy atom. The number of nitrogens with one attached hydrogen (secondary N) is 1. The van der Waals surface area contributed by atoms with Crippen LogP contribution in [-0.4, -0.2) is 56.0 Å². The zero-order valence-corrected chi connectivity index (χ0v) is 16.7. The number of likely N-dealkylation sites (tertiary alicyclic amines) is 1. The highest BCUT2D eigenvalue weighted by Gasteiger charge is 2.37. The predicted octanol–water partition coefficient (Wildman–Crippen LogP) is 1.85. The zero-order valence-electron chi connectivity index (χ0n) is 16.7. The monoisotopic (exact) mass is 384 g/mol. The molecular formula is C22H32N4O2. The van der Waals surface area contributed by atoms with Crippen LogP contribution in [0.15, 0.2) is 24.3 Å². The van der Waals surface area contributed by atoms with Crippen molar-refractivity contribution in [3.05, 3.63) is 29.8 Å². The molecule has 6 heteroatoms. The van der Waals surface area contributed by atoms with Crippen molar-refractivity contribution in [3.8, 4) is 0 Å². The molecule has 1 atom stereocenters. The van der Waals surface area contributed by atoms with Gasteiger partial charge >= 0.3 is 0 Å². The van der Waals surface area contributed by atoms with Crippen molar-refractivity contribution in [1.29, 1.82) is 0 Å². The third-order valence-corrected chi connectivity index (χ3v) is 7.06. The third-order valence-electron chi connectivity index (χ3n) is 7.06. The van der Waals surface area contributed by atoms with Gasteiger partial charge in [0.25, 0.3) is 0 Å². The number of piperidine rings is 3. The maximum Gasteiger partial charge on any atom is 0.234 e. The molecule has 3 aliphatic heterocycles. The van der Waals surface area contributed by atoms with Crippen molar-refractivity contribution >= 4 is 17.5 Å². The SMILES string of the molecule is NCCN1CCC2(CC1)CCN(c1cccc(C3CCC(=O)NC3=O)c1)CC2. The first-order valence-corrected chi connectivity index (χ1v) is 10.7. The molecule has 3 N–H and O–H groups in total. The van der Waals surface area contributed by atoms with E-state index >= 15 is 0 Å². The van der Waals surface area contributed by atoms with E-state index in [2.05, 4.69) is 27.2 Å². The summed E-state index contributed by atoms with van der Waals surface area (Å²) in [6, 6.07) is 8.37. The lowest BCUT2D eigenvalue weighted by molar-refractivity contribution is -0.134. The molecule has 3 fully saturated rings. The summed E-state index contributed by atoms with van der Waals surface area (Å²) in [5, 5.41) is 2.47. The van der Waals surface area contributed by atoms with Crippen molar-refractivity contribution in [2.75, 3.05) is 44.2 Å². The van der Waals surface area contributed by atoms with Crippen LogP contribution in [-0.2, 0) is 9.59 Å². The first kappa shape index (κ1) is 19.4. The minimum absolute atomic E-state index is 0.156. The van der Waals surface area contributed by atoms with Gasteiger partial charge in [-0.25, -0.2) is 0 Å². The van der Waals surface area contributed by atoms with E-state index in [4.69, 9.17) is 5.73 Å². The van der Waals surface area contributed by atoms with E-state index in [-0.39, 0.29) is 17.7 Å². The molecule has 2 amide bonds. The average Bonchev–Trinajstić information content (AvgIpc) is 2.71. The third kappa shape index (κ3) is 4.08. The first-order chi connectivity index (χ1) is 13.6. The van der Waals surface area contributed by atoms with Crippen molar-refractivity contribution < 1.29 is 9.59 Å². The molecule has 0 radical (unpaired) electrons. The van der Waals surface area contributed by atoms with E-state index in [9.17, 15) is 9.59 Å². The number of nitrogens with two attached hydrogens (primary N) is 1. The molecule has 6 nitrogen and oxygen atoms in total. The Kier molecular flexibility index (Phi) is 5.69. The molecule has 1 aromatic rings. The van der Waals surface area contributed by atoms with E-state index in [0.717, 1.165) is 31.7 Å². The molecule has 3 heterocycles. The van der Waals surface area contributed by atoms with Gasteiger partial charge < -0.3 is 15.5 Å². The van der Waals surface area contributed by atoms with Gasteiger partial charge in [-0.05, 0) is 68.3 Å². The summed E-state index contributed by atoms with van der Waals surface area (Å²) < 4.78 is 0. The molecular weight excluding hydrogens is 352 g/mol. The van der Waals surface area contributed by atoms with Crippen LogP contribution in [0.4, 0.5) is 5.69 Å². The summed E-state index contributed by atoms with van der Waals surface area (Å²) in [6.45, 7) is 6.30. The summed E-state index contributed by atoms with van der Waals surface area (Å²) in [7, 11) is 0. The number of carbonyl (C=O) groups is 2. The topological polar surface area (TPSA) is 78.7 Å². The van der Waals surface area contributed by atoms with E-state index in [1.165, 1.54) is 44.5 Å². The molecule has 152 valence electrons. The molecule has 28 heavy (non-hydrogen) atoms. The summed E-state index contributed by atoms with van der Waals surface area (Å²) in [5.74, 6) is -0.521. The Hall–Kier alpha value is -1.92. The maximum absolute atomic E-state index is 12.2. The van der Waals surface area contributed by atoms with Crippen LogP contribution in [0.1, 0.15) is 50.0 Å². The van der Waals surface area contributed by atoms with Gasteiger partial charge in [0.15, 0.2) is 0 Å². The highest BCUT2D eigenvalue weighted by Crippen LogP contribution is 2.42. The van der Waals surface area contributed by atoms with Crippen LogP contribution in [0, 0.1) is 5.41 Å². The summed E-state index contributed by atoms with van der Waals surface area (Å²) in [4.78, 5) is 28.6. The number of benzene rings is 1. The van der Waals surface area contributed by atoms with Crippen molar-refractivity contribution in [1.82, 2.24) is 10.2 Å². The number of hydrogen-bond acceptors (Lipinski definition) is 5. The number of nitrogens with zero attached hydrogens (tertiary/aromatic N) is 2. The lowest BCUT2D eigenvalue weighted by atomic mass is 9.71. The van der Waals surface area contributed by atoms with E-state index in [1.807, 2.05) is 12.1 Å². The number of carbonyl (C=O) groups excluding carboxylic acids is 2. The molecule has 0 aliphatic carbocycles. The quantitative estimate of drug-likeness (QED) is 0.775. The molecule has 0 bridgehead atoms. The molecule has 1 spiro atoms. The normalized spacial score (nSPS) is 25.8. The first-order valence-electron chi connectivity index (χ1n) is 10.7. The fraction of sp³-hybridized carbons (Fsp3) is 0.636. The van der Waals surface area contributed by atoms with Gasteiger partial charge in [0, 0.05) is 38.3 Å². The highest BCUT2D eigenvalue weighted by atomic mass is 16.2. The van der Waals surface area contributed by atoms with Crippen LogP contribution < -0.4 is 16.0 Å². The standard InChI is InChI=1S/C22H32N4O2/c23-10-15-25-11-6-22(7-12-25)8-13-26(14-9-22)18-3-1-2-17(16-18)19-4-5-20(27)24-21(19)28/h1-3,16,19H,4-15,23H2,(H,24,27,28). The van der Waals surface area contributed by atoms with E-state index in [0.29, 0.717) is 18.3 Å². The second-order valence-corrected chi connectivity index (χ2v) is 8.72. The van der Waals surface area contributed by atoms with Crippen LogP contribution in [0.5, 0.6) is 0 Å². The predicted molar refractivity (Wildman–Crippen MR) is 110 cm³/mol. The van der Waals surface area contributed by atoms with Gasteiger partial charge in [-0.2, -0.15) is 0 Å². The number of hydrogen-bond donors (Lipinski definition) is 2. The van der Waals surface area contributed by atoms with Crippen LogP contribution in [0.3, 0.4) is 0 Å². The number of imide groups is 1. The number of amides is 2. The van der Waals surface area contributed by atoms with Gasteiger partial charge in [0.05, 0.1) is 5.92 Å². The highest BCUT2D eigenvalue weighted by molar-refractivity contribution is 6.01. The molecule has 1 aromatic carbocycles. The van der Waals surface area contributed by atoms with Crippen LogP contribution in [0.2, 0.25) is 0 Å². The van der Waals surface area contributed by atoms with Crippen LogP contribution in [0.25, 0.3) is 0 Å². The van der Waals surface area contributed by atoms with Crippen molar-refractivity contribution in [2.45, 2.75) is 44.4 Å². The Morgan fingerprint density at radius 3 is 2.46 bits per heavy atom. The second-order valence-electron chi connectivity index (χ2n) is 8.72. The lowest BCUT2D eigenvalue weighted by Crippen LogP contribution is -2.47. The molecule has 3 aliphatic rings. The lowest BCUT2D eigenvalue weighted by Gasteiger charge is -2.47. The fourth-order valence-corrected chi connectivity index (χ4v) is 5.12.